The topological polar surface area (TPSA) is 17.1 Å². The molecule has 1 atom stereocenters. The lowest BCUT2D eigenvalue weighted by Gasteiger charge is -2.09. The molecule has 0 saturated heterocycles. The van der Waals surface area contributed by atoms with Gasteiger partial charge in [-0.3, -0.25) is 4.79 Å². The maximum absolute atomic E-state index is 11.2. The second-order valence-electron chi connectivity index (χ2n) is 3.35. The summed E-state index contributed by atoms with van der Waals surface area (Å²) in [4.78, 5) is 11.2. The quantitative estimate of drug-likeness (QED) is 0.783. The molecule has 0 saturated carbocycles. The molecule has 0 spiro atoms. The monoisotopic (exact) mass is 228 g/mol. The highest BCUT2D eigenvalue weighted by molar-refractivity contribution is 7.81. The van der Waals surface area contributed by atoms with E-state index in [-0.39, 0.29) is 11.7 Å². The van der Waals surface area contributed by atoms with E-state index in [0.29, 0.717) is 12.2 Å². The number of thiol groups is 1. The largest absolute Gasteiger partial charge is 0.299 e. The van der Waals surface area contributed by atoms with Gasteiger partial charge in [0, 0.05) is 17.2 Å². The van der Waals surface area contributed by atoms with Crippen LogP contribution in [0.25, 0.3) is 0 Å². The molecule has 3 heteroatoms. The lowest BCUT2D eigenvalue weighted by atomic mass is 9.96. The van der Waals surface area contributed by atoms with E-state index in [2.05, 4.69) is 12.6 Å². The Hall–Kier alpha value is -0.470. The molecule has 0 aliphatic carbocycles. The number of Topliss-reactive ketones (excluding diaryl/α,β-unsaturated/α-hetero) is 1. The van der Waals surface area contributed by atoms with Gasteiger partial charge in [0.05, 0.1) is 0 Å². The first-order valence-corrected chi connectivity index (χ1v) is 5.52. The van der Waals surface area contributed by atoms with E-state index in [1.807, 2.05) is 31.2 Å². The molecule has 76 valence electrons. The fourth-order valence-corrected chi connectivity index (χ4v) is 1.57. The fourth-order valence-electron chi connectivity index (χ4n) is 1.32. The third kappa shape index (κ3) is 3.35. The van der Waals surface area contributed by atoms with Crippen molar-refractivity contribution < 1.29 is 4.79 Å². The number of hydrogen-bond donors (Lipinski definition) is 1. The van der Waals surface area contributed by atoms with Gasteiger partial charge >= 0.3 is 0 Å². The second kappa shape index (κ2) is 5.42. The maximum atomic E-state index is 11.2. The Bertz CT molecular complexity index is 308. The van der Waals surface area contributed by atoms with Crippen molar-refractivity contribution in [1.82, 2.24) is 0 Å². The minimum atomic E-state index is 0.177. The van der Waals surface area contributed by atoms with Gasteiger partial charge in [0.15, 0.2) is 0 Å². The molecule has 0 aliphatic rings. The van der Waals surface area contributed by atoms with Crippen molar-refractivity contribution in [2.45, 2.75) is 19.3 Å². The predicted molar refractivity (Wildman–Crippen MR) is 63.3 cm³/mol. The van der Waals surface area contributed by atoms with Crippen LogP contribution >= 0.6 is 24.2 Å². The Morgan fingerprint density at radius 3 is 2.50 bits per heavy atom. The van der Waals surface area contributed by atoms with E-state index >= 15 is 0 Å². The number of carbonyl (C=O) groups is 1. The first-order chi connectivity index (χ1) is 6.63. The molecule has 0 aliphatic heterocycles. The molecule has 0 aromatic heterocycles. The zero-order valence-electron chi connectivity index (χ0n) is 8.03. The molecule has 0 fully saturated rings. The van der Waals surface area contributed by atoms with Crippen molar-refractivity contribution in [2.75, 3.05) is 5.75 Å². The highest BCUT2D eigenvalue weighted by Gasteiger charge is 2.09. The molecule has 1 aromatic carbocycles. The van der Waals surface area contributed by atoms with Gasteiger partial charge < -0.3 is 0 Å². The molecule has 0 radical (unpaired) electrons. The second-order valence-corrected chi connectivity index (χ2v) is 4.11. The fraction of sp³-hybridized carbons (Fsp3) is 0.364. The number of hydrogen-bond acceptors (Lipinski definition) is 2. The van der Waals surface area contributed by atoms with E-state index in [1.54, 1.807) is 0 Å². The van der Waals surface area contributed by atoms with E-state index in [4.69, 9.17) is 11.6 Å². The van der Waals surface area contributed by atoms with Crippen molar-refractivity contribution >= 4 is 30.0 Å². The Morgan fingerprint density at radius 2 is 2.00 bits per heavy atom. The van der Waals surface area contributed by atoms with E-state index in [9.17, 15) is 4.79 Å². The van der Waals surface area contributed by atoms with Crippen LogP contribution in [0.15, 0.2) is 24.3 Å². The standard InChI is InChI=1S/C11H13ClOS/c1-8(6-11(13)7-14)9-2-4-10(12)5-3-9/h2-5,8,14H,6-7H2,1H3. The summed E-state index contributed by atoms with van der Waals surface area (Å²) in [5.74, 6) is 0.737. The van der Waals surface area contributed by atoms with Crippen molar-refractivity contribution in [1.29, 1.82) is 0 Å². The molecular formula is C11H13ClOS. The van der Waals surface area contributed by atoms with Crippen LogP contribution in [0.3, 0.4) is 0 Å². The van der Waals surface area contributed by atoms with E-state index < -0.39 is 0 Å². The van der Waals surface area contributed by atoms with E-state index in [1.165, 1.54) is 0 Å². The molecule has 14 heavy (non-hydrogen) atoms. The van der Waals surface area contributed by atoms with Crippen LogP contribution in [0.1, 0.15) is 24.8 Å². The van der Waals surface area contributed by atoms with Crippen LogP contribution in [0.4, 0.5) is 0 Å². The van der Waals surface area contributed by atoms with Gasteiger partial charge in [0.1, 0.15) is 5.78 Å². The van der Waals surface area contributed by atoms with Crippen molar-refractivity contribution in [3.8, 4) is 0 Å². The number of ketones is 1. The zero-order valence-corrected chi connectivity index (χ0v) is 9.68. The Morgan fingerprint density at radius 1 is 1.43 bits per heavy atom. The van der Waals surface area contributed by atoms with Gasteiger partial charge in [-0.2, -0.15) is 12.6 Å². The molecule has 0 N–H and O–H groups in total. The van der Waals surface area contributed by atoms with Crippen LogP contribution in [-0.4, -0.2) is 11.5 Å². The van der Waals surface area contributed by atoms with E-state index in [0.717, 1.165) is 10.6 Å². The van der Waals surface area contributed by atoms with Gasteiger partial charge in [0.2, 0.25) is 0 Å². The number of benzene rings is 1. The molecule has 0 amide bonds. The number of rotatable bonds is 4. The summed E-state index contributed by atoms with van der Waals surface area (Å²) in [5.41, 5.74) is 1.14. The van der Waals surface area contributed by atoms with Crippen LogP contribution in [0.2, 0.25) is 5.02 Å². The highest BCUT2D eigenvalue weighted by Crippen LogP contribution is 2.21. The summed E-state index contributed by atoms with van der Waals surface area (Å²) in [6, 6.07) is 7.61. The summed E-state index contributed by atoms with van der Waals surface area (Å²) in [6.45, 7) is 2.03. The van der Waals surface area contributed by atoms with Gasteiger partial charge in [-0.25, -0.2) is 0 Å². The predicted octanol–water partition coefficient (Wildman–Crippen LogP) is 3.33. The zero-order chi connectivity index (χ0) is 10.6. The Labute approximate surface area is 94.9 Å². The highest BCUT2D eigenvalue weighted by atomic mass is 35.5. The lowest BCUT2D eigenvalue weighted by molar-refractivity contribution is -0.116. The lowest BCUT2D eigenvalue weighted by Crippen LogP contribution is -2.05. The van der Waals surface area contributed by atoms with Gasteiger partial charge in [0.25, 0.3) is 0 Å². The third-order valence-corrected chi connectivity index (χ3v) is 2.75. The van der Waals surface area contributed by atoms with Crippen molar-refractivity contribution in [3.63, 3.8) is 0 Å². The minimum absolute atomic E-state index is 0.177. The number of halogens is 1. The first-order valence-electron chi connectivity index (χ1n) is 4.51. The average Bonchev–Trinajstić information content (AvgIpc) is 2.18. The van der Waals surface area contributed by atoms with Crippen molar-refractivity contribution in [3.05, 3.63) is 34.9 Å². The summed E-state index contributed by atoms with van der Waals surface area (Å²) < 4.78 is 0. The van der Waals surface area contributed by atoms with Crippen LogP contribution < -0.4 is 0 Å². The average molecular weight is 229 g/mol. The maximum Gasteiger partial charge on any atom is 0.143 e. The SMILES string of the molecule is CC(CC(=O)CS)c1ccc(Cl)cc1. The molecular weight excluding hydrogens is 216 g/mol. The minimum Gasteiger partial charge on any atom is -0.299 e. The van der Waals surface area contributed by atoms with Crippen molar-refractivity contribution in [2.24, 2.45) is 0 Å². The first kappa shape index (κ1) is 11.6. The Kier molecular flexibility index (Phi) is 4.49. The van der Waals surface area contributed by atoms with Crippen LogP contribution in [0.5, 0.6) is 0 Å². The molecule has 1 rings (SSSR count). The number of carbonyl (C=O) groups excluding carboxylic acids is 1. The smallest absolute Gasteiger partial charge is 0.143 e. The van der Waals surface area contributed by atoms with Crippen LogP contribution in [0, 0.1) is 0 Å². The Balaban J connectivity index is 2.65. The molecule has 1 aromatic rings. The van der Waals surface area contributed by atoms with Gasteiger partial charge in [-0.05, 0) is 23.6 Å². The third-order valence-electron chi connectivity index (χ3n) is 2.15. The molecule has 0 heterocycles. The summed E-state index contributed by atoms with van der Waals surface area (Å²) in [6.07, 6.45) is 0.547. The van der Waals surface area contributed by atoms with Crippen LogP contribution in [-0.2, 0) is 4.79 Å². The van der Waals surface area contributed by atoms with Gasteiger partial charge in [-0.15, -0.1) is 0 Å². The summed E-state index contributed by atoms with van der Waals surface area (Å²) >= 11 is 9.72. The normalized spacial score (nSPS) is 12.5. The summed E-state index contributed by atoms with van der Waals surface area (Å²) in [7, 11) is 0. The molecule has 1 unspecified atom stereocenters. The molecule has 0 bridgehead atoms. The summed E-state index contributed by atoms with van der Waals surface area (Å²) in [5, 5.41) is 0.724. The molecule has 1 nitrogen and oxygen atoms in total. The van der Waals surface area contributed by atoms with Gasteiger partial charge in [-0.1, -0.05) is 30.7 Å².